The van der Waals surface area contributed by atoms with Crippen LogP contribution in [0.25, 0.3) is 0 Å². The van der Waals surface area contributed by atoms with Gasteiger partial charge in [-0.1, -0.05) is 0 Å². The molecule has 140 valence electrons. The smallest absolute Gasteiger partial charge is 0.255 e. The molecule has 0 radical (unpaired) electrons. The summed E-state index contributed by atoms with van der Waals surface area (Å²) < 4.78 is 5.66. The van der Waals surface area contributed by atoms with E-state index in [1.54, 1.807) is 29.8 Å². The fourth-order valence-corrected chi connectivity index (χ4v) is 3.70. The lowest BCUT2D eigenvalue weighted by Gasteiger charge is -2.22. The van der Waals surface area contributed by atoms with Crippen LogP contribution < -0.4 is 4.74 Å². The van der Waals surface area contributed by atoms with Gasteiger partial charge in [-0.2, -0.15) is 0 Å². The van der Waals surface area contributed by atoms with Crippen molar-refractivity contribution in [2.24, 2.45) is 0 Å². The van der Waals surface area contributed by atoms with Gasteiger partial charge in [-0.25, -0.2) is 4.98 Å². The van der Waals surface area contributed by atoms with Crippen molar-refractivity contribution in [3.05, 3.63) is 40.1 Å². The van der Waals surface area contributed by atoms with E-state index in [4.69, 9.17) is 4.74 Å². The number of aromatic nitrogens is 2. The van der Waals surface area contributed by atoms with E-state index >= 15 is 0 Å². The lowest BCUT2D eigenvalue weighted by atomic mass is 10.2. The SMILES string of the molecule is Cc1nc(CN2CCCN(C(=O)c3cncc(OC(C)C)c3)CC2)cs1. The van der Waals surface area contributed by atoms with Crippen molar-refractivity contribution in [2.75, 3.05) is 26.2 Å². The van der Waals surface area contributed by atoms with E-state index in [1.807, 2.05) is 25.7 Å². The van der Waals surface area contributed by atoms with Crippen molar-refractivity contribution in [3.63, 3.8) is 0 Å². The number of carbonyl (C=O) groups excluding carboxylic acids is 1. The number of thiazole rings is 1. The van der Waals surface area contributed by atoms with Crippen molar-refractivity contribution in [1.82, 2.24) is 19.8 Å². The number of rotatable bonds is 5. The maximum Gasteiger partial charge on any atom is 0.255 e. The molecule has 0 atom stereocenters. The van der Waals surface area contributed by atoms with E-state index < -0.39 is 0 Å². The summed E-state index contributed by atoms with van der Waals surface area (Å²) in [6.45, 7) is 10.1. The first kappa shape index (κ1) is 18.8. The summed E-state index contributed by atoms with van der Waals surface area (Å²) >= 11 is 1.69. The summed E-state index contributed by atoms with van der Waals surface area (Å²) in [5, 5.41) is 3.22. The van der Waals surface area contributed by atoms with Crippen LogP contribution in [0.15, 0.2) is 23.8 Å². The second-order valence-corrected chi connectivity index (χ2v) is 7.92. The molecule has 0 N–H and O–H groups in total. The number of nitrogens with zero attached hydrogens (tertiary/aromatic N) is 4. The number of hydrogen-bond donors (Lipinski definition) is 0. The van der Waals surface area contributed by atoms with Crippen LogP contribution in [0.5, 0.6) is 5.75 Å². The van der Waals surface area contributed by atoms with Gasteiger partial charge in [-0.15, -0.1) is 11.3 Å². The molecular weight excluding hydrogens is 348 g/mol. The molecule has 1 amide bonds. The monoisotopic (exact) mass is 374 g/mol. The molecule has 1 fully saturated rings. The van der Waals surface area contributed by atoms with Crippen LogP contribution >= 0.6 is 11.3 Å². The molecule has 2 aromatic rings. The quantitative estimate of drug-likeness (QED) is 0.805. The summed E-state index contributed by atoms with van der Waals surface area (Å²) in [4.78, 5) is 25.9. The first-order valence-electron chi connectivity index (χ1n) is 9.05. The van der Waals surface area contributed by atoms with Gasteiger partial charge in [0.05, 0.1) is 28.6 Å². The Labute approximate surface area is 158 Å². The van der Waals surface area contributed by atoms with Gasteiger partial charge in [0.2, 0.25) is 0 Å². The number of pyridine rings is 1. The highest BCUT2D eigenvalue weighted by Crippen LogP contribution is 2.17. The Kier molecular flexibility index (Phi) is 6.21. The van der Waals surface area contributed by atoms with Gasteiger partial charge >= 0.3 is 0 Å². The Bertz CT molecular complexity index is 747. The highest BCUT2D eigenvalue weighted by atomic mass is 32.1. The summed E-state index contributed by atoms with van der Waals surface area (Å²) in [5.41, 5.74) is 1.71. The molecule has 0 aromatic carbocycles. The first-order valence-corrected chi connectivity index (χ1v) is 9.93. The van der Waals surface area contributed by atoms with Crippen molar-refractivity contribution < 1.29 is 9.53 Å². The van der Waals surface area contributed by atoms with Crippen LogP contribution in [0.1, 0.15) is 41.3 Å². The predicted molar refractivity (Wildman–Crippen MR) is 103 cm³/mol. The predicted octanol–water partition coefficient (Wildman–Crippen LogP) is 2.98. The van der Waals surface area contributed by atoms with Gasteiger partial charge in [-0.05, 0) is 33.3 Å². The lowest BCUT2D eigenvalue weighted by Crippen LogP contribution is -2.35. The molecule has 0 saturated carbocycles. The summed E-state index contributed by atoms with van der Waals surface area (Å²) in [6.07, 6.45) is 4.29. The number of carbonyl (C=O) groups is 1. The maximum atomic E-state index is 12.9. The normalized spacial score (nSPS) is 15.9. The van der Waals surface area contributed by atoms with E-state index in [0.717, 1.165) is 49.8 Å². The molecule has 26 heavy (non-hydrogen) atoms. The minimum Gasteiger partial charge on any atom is -0.489 e. The Morgan fingerprint density at radius 1 is 1.27 bits per heavy atom. The Morgan fingerprint density at radius 2 is 2.12 bits per heavy atom. The van der Waals surface area contributed by atoms with Crippen LogP contribution in [0.4, 0.5) is 0 Å². The van der Waals surface area contributed by atoms with Gasteiger partial charge in [0, 0.05) is 44.3 Å². The highest BCUT2D eigenvalue weighted by Gasteiger charge is 2.21. The Balaban J connectivity index is 1.60. The molecule has 3 rings (SSSR count). The van der Waals surface area contributed by atoms with E-state index in [9.17, 15) is 4.79 Å². The van der Waals surface area contributed by atoms with Gasteiger partial charge in [-0.3, -0.25) is 14.7 Å². The molecule has 7 heteroatoms. The molecule has 0 aliphatic carbocycles. The maximum absolute atomic E-state index is 12.9. The van der Waals surface area contributed by atoms with E-state index in [-0.39, 0.29) is 12.0 Å². The second kappa shape index (κ2) is 8.60. The van der Waals surface area contributed by atoms with Crippen molar-refractivity contribution >= 4 is 17.2 Å². The number of amides is 1. The molecule has 2 aromatic heterocycles. The van der Waals surface area contributed by atoms with Crippen LogP contribution in [0, 0.1) is 6.92 Å². The largest absolute Gasteiger partial charge is 0.489 e. The fourth-order valence-electron chi connectivity index (χ4n) is 3.10. The number of hydrogen-bond acceptors (Lipinski definition) is 6. The summed E-state index contributed by atoms with van der Waals surface area (Å²) in [6, 6.07) is 1.79. The molecule has 1 saturated heterocycles. The Hall–Kier alpha value is -1.99. The average molecular weight is 375 g/mol. The third kappa shape index (κ3) is 5.02. The first-order chi connectivity index (χ1) is 12.5. The molecule has 0 unspecified atom stereocenters. The third-order valence-corrected chi connectivity index (χ3v) is 5.08. The van der Waals surface area contributed by atoms with Crippen molar-refractivity contribution in [2.45, 2.75) is 39.8 Å². The molecule has 0 bridgehead atoms. The number of ether oxygens (including phenoxy) is 1. The van der Waals surface area contributed by atoms with Crippen molar-refractivity contribution in [1.29, 1.82) is 0 Å². The van der Waals surface area contributed by atoms with E-state index in [1.165, 1.54) is 0 Å². The van der Waals surface area contributed by atoms with E-state index in [2.05, 4.69) is 20.2 Å². The molecule has 1 aliphatic heterocycles. The van der Waals surface area contributed by atoms with Gasteiger partial charge in [0.15, 0.2) is 0 Å². The van der Waals surface area contributed by atoms with Gasteiger partial charge in [0.25, 0.3) is 5.91 Å². The second-order valence-electron chi connectivity index (χ2n) is 6.86. The molecule has 3 heterocycles. The van der Waals surface area contributed by atoms with Crippen LogP contribution in [0.2, 0.25) is 0 Å². The van der Waals surface area contributed by atoms with Crippen LogP contribution in [-0.4, -0.2) is 58.0 Å². The summed E-state index contributed by atoms with van der Waals surface area (Å²) in [7, 11) is 0. The van der Waals surface area contributed by atoms with Crippen LogP contribution in [0.3, 0.4) is 0 Å². The zero-order chi connectivity index (χ0) is 18.5. The van der Waals surface area contributed by atoms with Crippen molar-refractivity contribution in [3.8, 4) is 5.75 Å². The zero-order valence-corrected chi connectivity index (χ0v) is 16.5. The topological polar surface area (TPSA) is 58.6 Å². The minimum atomic E-state index is 0.0260. The minimum absolute atomic E-state index is 0.0260. The molecule has 1 aliphatic rings. The molecule has 0 spiro atoms. The average Bonchev–Trinajstić information content (AvgIpc) is 2.87. The standard InChI is InChI=1S/C19H26N4O2S/c1-14(2)25-18-9-16(10-20-11-18)19(24)23-6-4-5-22(7-8-23)12-17-13-26-15(3)21-17/h9-11,13-14H,4-8,12H2,1-3H3. The van der Waals surface area contributed by atoms with Gasteiger partial charge in [0.1, 0.15) is 5.75 Å². The Morgan fingerprint density at radius 3 is 2.85 bits per heavy atom. The summed E-state index contributed by atoms with van der Waals surface area (Å²) in [5.74, 6) is 0.666. The number of aryl methyl sites for hydroxylation is 1. The molecular formula is C19H26N4O2S. The molecule has 6 nitrogen and oxygen atoms in total. The highest BCUT2D eigenvalue weighted by molar-refractivity contribution is 7.09. The lowest BCUT2D eigenvalue weighted by molar-refractivity contribution is 0.0760. The van der Waals surface area contributed by atoms with E-state index in [0.29, 0.717) is 11.3 Å². The van der Waals surface area contributed by atoms with Gasteiger partial charge < -0.3 is 9.64 Å². The zero-order valence-electron chi connectivity index (χ0n) is 15.6. The fraction of sp³-hybridized carbons (Fsp3) is 0.526. The third-order valence-electron chi connectivity index (χ3n) is 4.26. The van der Waals surface area contributed by atoms with Crippen LogP contribution in [-0.2, 0) is 6.54 Å².